The number of hydrogen-bond acceptors (Lipinski definition) is 3. The Balaban J connectivity index is 2.10. The summed E-state index contributed by atoms with van der Waals surface area (Å²) in [4.78, 5) is 0. The summed E-state index contributed by atoms with van der Waals surface area (Å²) in [5.74, 6) is 0.368. The molecule has 0 unspecified atom stereocenters. The third kappa shape index (κ3) is 3.60. The fraction of sp³-hybridized carbons (Fsp3) is 0.273. The number of rotatable bonds is 4. The monoisotopic (exact) mass is 291 g/mol. The maximum absolute atomic E-state index is 12.0. The molecule has 1 heterocycles. The minimum absolute atomic E-state index is 0.133. The Bertz CT molecular complexity index is 539. The maximum atomic E-state index is 12.0. The number of halogens is 4. The predicted molar refractivity (Wildman–Crippen MR) is 62.5 cm³/mol. The van der Waals surface area contributed by atoms with E-state index in [1.54, 1.807) is 12.1 Å². The molecule has 2 rings (SSSR count). The summed E-state index contributed by atoms with van der Waals surface area (Å²) in [7, 11) is 0. The second-order valence-electron chi connectivity index (χ2n) is 3.67. The van der Waals surface area contributed by atoms with Crippen LogP contribution in [0.4, 0.5) is 13.2 Å². The smallest absolute Gasteiger partial charge is 0.422 e. The van der Waals surface area contributed by atoms with Gasteiger partial charge in [-0.25, -0.2) is 4.68 Å². The molecule has 0 fully saturated rings. The summed E-state index contributed by atoms with van der Waals surface area (Å²) in [5.41, 5.74) is 1.33. The van der Waals surface area contributed by atoms with Gasteiger partial charge in [0.15, 0.2) is 6.61 Å². The molecule has 0 bridgehead atoms. The van der Waals surface area contributed by atoms with Crippen molar-refractivity contribution in [1.29, 1.82) is 0 Å². The normalized spacial score (nSPS) is 11.6. The van der Waals surface area contributed by atoms with Gasteiger partial charge in [0.05, 0.1) is 23.5 Å². The van der Waals surface area contributed by atoms with Gasteiger partial charge in [-0.05, 0) is 24.3 Å². The van der Waals surface area contributed by atoms with E-state index in [4.69, 9.17) is 11.6 Å². The Hall–Kier alpha value is -1.76. The average Bonchev–Trinajstić information content (AvgIpc) is 2.84. The Labute approximate surface area is 111 Å². The molecule has 8 heteroatoms. The molecule has 2 aromatic rings. The van der Waals surface area contributed by atoms with Crippen molar-refractivity contribution < 1.29 is 17.9 Å². The summed E-state index contributed by atoms with van der Waals surface area (Å²) in [6.45, 7) is -1.32. The van der Waals surface area contributed by atoms with Crippen molar-refractivity contribution in [2.75, 3.05) is 6.61 Å². The van der Waals surface area contributed by atoms with Gasteiger partial charge in [0, 0.05) is 0 Å². The maximum Gasteiger partial charge on any atom is 0.422 e. The van der Waals surface area contributed by atoms with E-state index in [9.17, 15) is 13.2 Å². The highest BCUT2D eigenvalue weighted by Crippen LogP contribution is 2.20. The molecule has 0 N–H and O–H groups in total. The molecule has 1 aromatic heterocycles. The van der Waals surface area contributed by atoms with E-state index in [0.717, 1.165) is 0 Å². The summed E-state index contributed by atoms with van der Waals surface area (Å²) < 4.78 is 42.0. The first-order valence-electron chi connectivity index (χ1n) is 5.25. The largest absolute Gasteiger partial charge is 0.484 e. The fourth-order valence-corrected chi connectivity index (χ4v) is 1.60. The van der Waals surface area contributed by atoms with Crippen LogP contribution in [0.15, 0.2) is 30.5 Å². The summed E-state index contributed by atoms with van der Waals surface area (Å²) in [6.07, 6.45) is -2.84. The SMILES string of the molecule is FC(F)(F)COc1ccc(-n2nncc2CCl)cc1. The van der Waals surface area contributed by atoms with Crippen molar-refractivity contribution in [3.05, 3.63) is 36.2 Å². The minimum Gasteiger partial charge on any atom is -0.484 e. The number of hydrogen-bond donors (Lipinski definition) is 0. The van der Waals surface area contributed by atoms with E-state index in [-0.39, 0.29) is 11.6 Å². The van der Waals surface area contributed by atoms with Gasteiger partial charge < -0.3 is 4.74 Å². The van der Waals surface area contributed by atoms with Crippen LogP contribution in [-0.4, -0.2) is 27.8 Å². The molecule has 0 saturated carbocycles. The van der Waals surface area contributed by atoms with Crippen LogP contribution < -0.4 is 4.74 Å². The van der Waals surface area contributed by atoms with Crippen LogP contribution in [0.25, 0.3) is 5.69 Å². The molecule has 0 amide bonds. The highest BCUT2D eigenvalue weighted by Gasteiger charge is 2.28. The molecule has 19 heavy (non-hydrogen) atoms. The zero-order valence-corrected chi connectivity index (χ0v) is 10.3. The van der Waals surface area contributed by atoms with Gasteiger partial charge >= 0.3 is 6.18 Å². The van der Waals surface area contributed by atoms with E-state index in [1.807, 2.05) is 0 Å². The molecule has 0 aliphatic carbocycles. The Morgan fingerprint density at radius 3 is 2.47 bits per heavy atom. The van der Waals surface area contributed by atoms with Crippen LogP contribution in [0.1, 0.15) is 5.69 Å². The van der Waals surface area contributed by atoms with Gasteiger partial charge in [0.1, 0.15) is 5.75 Å². The quantitative estimate of drug-likeness (QED) is 0.813. The Kier molecular flexibility index (Phi) is 3.94. The van der Waals surface area contributed by atoms with Crippen LogP contribution in [0.2, 0.25) is 0 Å². The second kappa shape index (κ2) is 5.48. The first kappa shape index (κ1) is 13.7. The van der Waals surface area contributed by atoms with Crippen molar-refractivity contribution in [3.8, 4) is 11.4 Å². The van der Waals surface area contributed by atoms with Crippen LogP contribution in [0.3, 0.4) is 0 Å². The van der Waals surface area contributed by atoms with Crippen LogP contribution in [0, 0.1) is 0 Å². The highest BCUT2D eigenvalue weighted by molar-refractivity contribution is 6.16. The average molecular weight is 292 g/mol. The van der Waals surface area contributed by atoms with Crippen molar-refractivity contribution in [2.45, 2.75) is 12.1 Å². The zero-order valence-electron chi connectivity index (χ0n) is 9.56. The Morgan fingerprint density at radius 2 is 1.89 bits per heavy atom. The number of benzene rings is 1. The number of alkyl halides is 4. The topological polar surface area (TPSA) is 39.9 Å². The van der Waals surface area contributed by atoms with E-state index in [0.29, 0.717) is 11.4 Å². The molecular formula is C11H9ClF3N3O. The van der Waals surface area contributed by atoms with Crippen molar-refractivity contribution in [2.24, 2.45) is 0 Å². The molecule has 0 radical (unpaired) electrons. The number of ether oxygens (including phenoxy) is 1. The third-order valence-corrected chi connectivity index (χ3v) is 2.51. The van der Waals surface area contributed by atoms with Gasteiger partial charge in [-0.2, -0.15) is 13.2 Å². The lowest BCUT2D eigenvalue weighted by atomic mass is 10.3. The van der Waals surface area contributed by atoms with Crippen molar-refractivity contribution in [1.82, 2.24) is 15.0 Å². The zero-order chi connectivity index (χ0) is 13.9. The highest BCUT2D eigenvalue weighted by atomic mass is 35.5. The van der Waals surface area contributed by atoms with E-state index in [2.05, 4.69) is 15.0 Å². The predicted octanol–water partition coefficient (Wildman–Crippen LogP) is 2.95. The Morgan fingerprint density at radius 1 is 1.21 bits per heavy atom. The van der Waals surface area contributed by atoms with Crippen molar-refractivity contribution in [3.63, 3.8) is 0 Å². The molecule has 102 valence electrons. The summed E-state index contributed by atoms with van der Waals surface area (Å²) >= 11 is 5.70. The van der Waals surface area contributed by atoms with Gasteiger partial charge in [-0.3, -0.25) is 0 Å². The van der Waals surface area contributed by atoms with Crippen molar-refractivity contribution >= 4 is 11.6 Å². The van der Waals surface area contributed by atoms with Crippen LogP contribution in [-0.2, 0) is 5.88 Å². The molecule has 4 nitrogen and oxygen atoms in total. The summed E-state index contributed by atoms with van der Waals surface area (Å²) in [6, 6.07) is 6.02. The van der Waals surface area contributed by atoms with Gasteiger partial charge in [0.25, 0.3) is 0 Å². The fourth-order valence-electron chi connectivity index (χ4n) is 1.41. The van der Waals surface area contributed by atoms with Crippen LogP contribution in [0.5, 0.6) is 5.75 Å². The lowest BCUT2D eigenvalue weighted by Crippen LogP contribution is -2.19. The number of nitrogens with zero attached hydrogens (tertiary/aromatic N) is 3. The number of aromatic nitrogens is 3. The molecule has 1 aromatic carbocycles. The minimum atomic E-state index is -4.35. The molecule has 0 saturated heterocycles. The second-order valence-corrected chi connectivity index (χ2v) is 3.94. The molecule has 0 aliphatic heterocycles. The van der Waals surface area contributed by atoms with Gasteiger partial charge in [-0.1, -0.05) is 5.21 Å². The van der Waals surface area contributed by atoms with Gasteiger partial charge in [-0.15, -0.1) is 16.7 Å². The molecule has 0 spiro atoms. The summed E-state index contributed by atoms with van der Waals surface area (Å²) in [5, 5.41) is 7.54. The lowest BCUT2D eigenvalue weighted by molar-refractivity contribution is -0.153. The standard InChI is InChI=1S/C11H9ClF3N3O/c12-5-9-6-16-17-18(9)8-1-3-10(4-2-8)19-7-11(13,14)15/h1-4,6H,5,7H2. The first-order valence-corrected chi connectivity index (χ1v) is 5.78. The van der Waals surface area contributed by atoms with Crippen LogP contribution >= 0.6 is 11.6 Å². The molecular weight excluding hydrogens is 283 g/mol. The van der Waals surface area contributed by atoms with E-state index >= 15 is 0 Å². The lowest BCUT2D eigenvalue weighted by Gasteiger charge is -2.10. The van der Waals surface area contributed by atoms with Gasteiger partial charge in [0.2, 0.25) is 0 Å². The van der Waals surface area contributed by atoms with E-state index in [1.165, 1.54) is 23.0 Å². The van der Waals surface area contributed by atoms with E-state index < -0.39 is 12.8 Å². The molecule has 0 aliphatic rings. The third-order valence-electron chi connectivity index (χ3n) is 2.24. The molecule has 0 atom stereocenters. The first-order chi connectivity index (χ1) is 8.99.